The Morgan fingerprint density at radius 3 is 2.83 bits per heavy atom. The quantitative estimate of drug-likeness (QED) is 0.748. The van der Waals surface area contributed by atoms with E-state index >= 15 is 0 Å². The normalized spacial score (nSPS) is 17.5. The molecule has 30 heavy (non-hydrogen) atoms. The first kappa shape index (κ1) is 20.8. The average molecular weight is 431 g/mol. The Labute approximate surface area is 178 Å². The molecule has 0 saturated heterocycles. The van der Waals surface area contributed by atoms with E-state index in [1.807, 2.05) is 16.4 Å². The monoisotopic (exact) mass is 430 g/mol. The number of aliphatic hydroxyl groups is 1. The number of anilines is 1. The Morgan fingerprint density at radius 1 is 1.30 bits per heavy atom. The van der Waals surface area contributed by atoms with E-state index in [9.17, 15) is 14.1 Å². The minimum atomic E-state index is -1.43. The van der Waals surface area contributed by atoms with Crippen LogP contribution in [0.25, 0.3) is 0 Å². The number of hydrogen-bond donors (Lipinski definition) is 2. The molecule has 1 atom stereocenters. The van der Waals surface area contributed by atoms with Crippen molar-refractivity contribution >= 4 is 22.8 Å². The number of carbonyl (C=O) groups excluding carboxylic acids is 1. The van der Waals surface area contributed by atoms with E-state index in [0.29, 0.717) is 43.4 Å². The summed E-state index contributed by atoms with van der Waals surface area (Å²) in [5, 5.41) is 12.2. The Bertz CT molecular complexity index is 981. The molecule has 0 fully saturated rings. The molecule has 3 heterocycles. The van der Waals surface area contributed by atoms with Crippen molar-refractivity contribution in [2.45, 2.75) is 32.4 Å². The molecule has 1 aromatic carbocycles. The van der Waals surface area contributed by atoms with Crippen molar-refractivity contribution in [1.29, 1.82) is 0 Å². The van der Waals surface area contributed by atoms with Gasteiger partial charge >= 0.3 is 0 Å². The lowest BCUT2D eigenvalue weighted by molar-refractivity contribution is 0.0869. The van der Waals surface area contributed by atoms with Crippen molar-refractivity contribution < 1.29 is 18.8 Å². The molecule has 160 valence electrons. The number of ether oxygens (including phenoxy) is 1. The summed E-state index contributed by atoms with van der Waals surface area (Å²) in [5.74, 6) is 0.0116. The number of benzene rings is 1. The predicted molar refractivity (Wildman–Crippen MR) is 114 cm³/mol. The Balaban J connectivity index is 1.57. The molecule has 1 amide bonds. The topological polar surface area (TPSA) is 95.0 Å². The molecular formula is C21H26N4O4S. The minimum absolute atomic E-state index is 0.188. The maximum absolute atomic E-state index is 13.4. The fourth-order valence-electron chi connectivity index (χ4n) is 3.52. The van der Waals surface area contributed by atoms with Crippen LogP contribution in [-0.4, -0.2) is 56.4 Å². The van der Waals surface area contributed by atoms with Gasteiger partial charge in [-0.1, -0.05) is 24.3 Å². The Kier molecular flexibility index (Phi) is 5.77. The van der Waals surface area contributed by atoms with Crippen LogP contribution >= 0.6 is 0 Å². The summed E-state index contributed by atoms with van der Waals surface area (Å²) in [6.07, 6.45) is 2.28. The Hall–Kier alpha value is -2.49. The highest BCUT2D eigenvalue weighted by molar-refractivity contribution is 7.84. The number of nitrogens with zero attached hydrogens (tertiary/aromatic N) is 3. The zero-order chi connectivity index (χ0) is 21.3. The largest absolute Gasteiger partial charge is 0.474 e. The van der Waals surface area contributed by atoms with Crippen LogP contribution in [0.4, 0.5) is 5.69 Å². The molecule has 0 radical (unpaired) electrons. The van der Waals surface area contributed by atoms with Crippen molar-refractivity contribution in [2.75, 3.05) is 30.6 Å². The number of fused-ring (bicyclic) bond motifs is 2. The molecule has 2 aromatic rings. The van der Waals surface area contributed by atoms with Crippen LogP contribution in [0.5, 0.6) is 5.88 Å². The van der Waals surface area contributed by atoms with Crippen molar-refractivity contribution in [3.8, 4) is 5.88 Å². The Morgan fingerprint density at radius 2 is 2.07 bits per heavy atom. The molecule has 2 aliphatic rings. The number of aliphatic hydroxyl groups excluding tert-OH is 1. The average Bonchev–Trinajstić information content (AvgIpc) is 2.77. The molecular weight excluding hydrogens is 404 g/mol. The zero-order valence-electron chi connectivity index (χ0n) is 17.1. The SMILES string of the molecule is CC(C)(CO)NC(=O)c1cnc2c(c1)N(S(=O)N1CCc3ccccc3C1)CCO2. The van der Waals surface area contributed by atoms with Gasteiger partial charge in [0.05, 0.1) is 24.3 Å². The molecule has 2 aliphatic heterocycles. The molecule has 1 aromatic heterocycles. The van der Waals surface area contributed by atoms with E-state index in [-0.39, 0.29) is 12.5 Å². The lowest BCUT2D eigenvalue weighted by atomic mass is 10.0. The molecule has 1 unspecified atom stereocenters. The summed E-state index contributed by atoms with van der Waals surface area (Å²) in [5.41, 5.74) is 2.58. The van der Waals surface area contributed by atoms with Gasteiger partial charge in [-0.25, -0.2) is 13.5 Å². The van der Waals surface area contributed by atoms with Crippen LogP contribution < -0.4 is 14.4 Å². The van der Waals surface area contributed by atoms with E-state index in [4.69, 9.17) is 4.74 Å². The van der Waals surface area contributed by atoms with Crippen molar-refractivity contribution in [3.63, 3.8) is 0 Å². The van der Waals surface area contributed by atoms with Gasteiger partial charge in [0, 0.05) is 19.3 Å². The molecule has 4 rings (SSSR count). The van der Waals surface area contributed by atoms with Crippen LogP contribution in [-0.2, 0) is 24.1 Å². The number of carbonyl (C=O) groups is 1. The van der Waals surface area contributed by atoms with Gasteiger partial charge in [-0.3, -0.25) is 9.10 Å². The van der Waals surface area contributed by atoms with Crippen LogP contribution in [0.15, 0.2) is 36.5 Å². The van der Waals surface area contributed by atoms with E-state index < -0.39 is 16.7 Å². The standard InChI is InChI=1S/C21H26N4O4S/c1-21(2,14-26)23-19(27)17-11-18-20(22-12-17)29-10-9-25(18)30(28)24-8-7-15-5-3-4-6-16(15)13-24/h3-6,11-12,26H,7-10,13-14H2,1-2H3,(H,23,27). The molecule has 9 heteroatoms. The third-order valence-electron chi connectivity index (χ3n) is 5.25. The predicted octanol–water partition coefficient (Wildman–Crippen LogP) is 1.42. The summed E-state index contributed by atoms with van der Waals surface area (Å²) < 4.78 is 22.7. The highest BCUT2D eigenvalue weighted by atomic mass is 32.2. The summed E-state index contributed by atoms with van der Waals surface area (Å²) in [6.45, 7) is 5.38. The van der Waals surface area contributed by atoms with Crippen LogP contribution in [0.1, 0.15) is 35.3 Å². The van der Waals surface area contributed by atoms with Gasteiger partial charge in [-0.05, 0) is 37.5 Å². The summed E-state index contributed by atoms with van der Waals surface area (Å²) in [6, 6.07) is 9.86. The smallest absolute Gasteiger partial charge is 0.253 e. The van der Waals surface area contributed by atoms with Crippen molar-refractivity contribution in [2.24, 2.45) is 0 Å². The van der Waals surface area contributed by atoms with Gasteiger partial charge < -0.3 is 15.2 Å². The van der Waals surface area contributed by atoms with Gasteiger partial charge in [0.1, 0.15) is 12.3 Å². The second-order valence-electron chi connectivity index (χ2n) is 8.11. The first-order valence-electron chi connectivity index (χ1n) is 9.95. The van der Waals surface area contributed by atoms with Gasteiger partial charge in [-0.15, -0.1) is 0 Å². The number of amides is 1. The van der Waals surface area contributed by atoms with Gasteiger partial charge in [-0.2, -0.15) is 0 Å². The summed E-state index contributed by atoms with van der Waals surface area (Å²) >= 11 is -1.43. The zero-order valence-corrected chi connectivity index (χ0v) is 17.9. The second kappa shape index (κ2) is 8.33. The van der Waals surface area contributed by atoms with Crippen LogP contribution in [0.3, 0.4) is 0 Å². The highest BCUT2D eigenvalue weighted by Gasteiger charge is 2.31. The molecule has 0 spiro atoms. The molecule has 2 N–H and O–H groups in total. The highest BCUT2D eigenvalue weighted by Crippen LogP contribution is 2.33. The summed E-state index contributed by atoms with van der Waals surface area (Å²) in [4.78, 5) is 16.9. The number of rotatable bonds is 5. The molecule has 0 aliphatic carbocycles. The first-order chi connectivity index (χ1) is 14.4. The van der Waals surface area contributed by atoms with Gasteiger partial charge in [0.15, 0.2) is 11.2 Å². The van der Waals surface area contributed by atoms with Gasteiger partial charge in [0.25, 0.3) is 5.91 Å². The fourth-order valence-corrected chi connectivity index (χ4v) is 4.83. The summed E-state index contributed by atoms with van der Waals surface area (Å²) in [7, 11) is 0. The molecule has 0 bridgehead atoms. The number of hydrogen-bond acceptors (Lipinski definition) is 5. The second-order valence-corrected chi connectivity index (χ2v) is 9.53. The van der Waals surface area contributed by atoms with Crippen molar-refractivity contribution in [1.82, 2.24) is 14.6 Å². The number of pyridine rings is 1. The van der Waals surface area contributed by atoms with E-state index in [0.717, 1.165) is 6.42 Å². The van der Waals surface area contributed by atoms with E-state index in [2.05, 4.69) is 22.4 Å². The lowest BCUT2D eigenvalue weighted by Gasteiger charge is -2.35. The number of aromatic nitrogens is 1. The maximum atomic E-state index is 13.4. The fraction of sp³-hybridized carbons (Fsp3) is 0.429. The number of nitrogens with one attached hydrogen (secondary N) is 1. The van der Waals surface area contributed by atoms with Gasteiger partial charge in [0.2, 0.25) is 5.88 Å². The van der Waals surface area contributed by atoms with E-state index in [1.165, 1.54) is 17.3 Å². The van der Waals surface area contributed by atoms with Crippen molar-refractivity contribution in [3.05, 3.63) is 53.2 Å². The molecule has 0 saturated carbocycles. The van der Waals surface area contributed by atoms with E-state index in [1.54, 1.807) is 24.2 Å². The minimum Gasteiger partial charge on any atom is -0.474 e. The molecule has 8 nitrogen and oxygen atoms in total. The third kappa shape index (κ3) is 4.19. The van der Waals surface area contributed by atoms with Crippen LogP contribution in [0.2, 0.25) is 0 Å². The maximum Gasteiger partial charge on any atom is 0.253 e. The van der Waals surface area contributed by atoms with Crippen LogP contribution in [0, 0.1) is 0 Å². The third-order valence-corrected chi connectivity index (χ3v) is 6.76. The first-order valence-corrected chi connectivity index (χ1v) is 11.0. The lowest BCUT2D eigenvalue weighted by Crippen LogP contribution is -2.46.